The van der Waals surface area contributed by atoms with Crippen LogP contribution in [0.5, 0.6) is 0 Å². The molecule has 1 aromatic rings. The highest BCUT2D eigenvalue weighted by atomic mass is 16.6. The molecule has 1 heterocycles. The van der Waals surface area contributed by atoms with Gasteiger partial charge in [0.1, 0.15) is 0 Å². The molecule has 1 saturated heterocycles. The Labute approximate surface area is 116 Å². The molecule has 0 radical (unpaired) electrons. The number of hydrogen-bond acceptors (Lipinski definition) is 3. The van der Waals surface area contributed by atoms with Gasteiger partial charge >= 0.3 is 0 Å². The largest absolute Gasteiger partial charge is 0.361 e. The smallest absolute Gasteiger partial charge is 0.208 e. The van der Waals surface area contributed by atoms with Crippen molar-refractivity contribution >= 4 is 0 Å². The molecule has 0 saturated carbocycles. The van der Waals surface area contributed by atoms with Gasteiger partial charge in [0.25, 0.3) is 0 Å². The highest BCUT2D eigenvalue weighted by Gasteiger charge is 2.46. The quantitative estimate of drug-likeness (QED) is 0.877. The third-order valence-electron chi connectivity index (χ3n) is 3.72. The van der Waals surface area contributed by atoms with E-state index in [1.807, 2.05) is 30.3 Å². The second-order valence-electron chi connectivity index (χ2n) is 6.07. The number of ether oxygens (including phenoxy) is 1. The Balaban J connectivity index is 2.25. The van der Waals surface area contributed by atoms with Crippen molar-refractivity contribution in [2.45, 2.75) is 57.4 Å². The average molecular weight is 263 g/mol. The molecule has 0 spiro atoms. The lowest BCUT2D eigenvalue weighted by atomic mass is 9.88. The van der Waals surface area contributed by atoms with Gasteiger partial charge in [-0.1, -0.05) is 50.1 Å². The summed E-state index contributed by atoms with van der Waals surface area (Å²) in [5.74, 6) is -1.22. The fourth-order valence-corrected chi connectivity index (χ4v) is 2.64. The van der Waals surface area contributed by atoms with E-state index in [-0.39, 0.29) is 11.6 Å². The Morgan fingerprint density at radius 1 is 1.32 bits per heavy atom. The topological polar surface area (TPSA) is 41.5 Å². The fraction of sp³-hybridized carbons (Fsp3) is 0.625. The zero-order valence-electron chi connectivity index (χ0n) is 12.1. The summed E-state index contributed by atoms with van der Waals surface area (Å²) in [6.07, 6.45) is 3.10. The maximum absolute atomic E-state index is 11.0. The summed E-state index contributed by atoms with van der Waals surface area (Å²) in [6, 6.07) is 9.62. The standard InChI is InChI=1S/C16H25NO2/c1-4-5-11-14-16(18,13-9-7-6-8-10-13)19-12-15(2,3)17-14/h6-10,14,17-18H,4-5,11-12H2,1-3H3/t14-,16-/m0/s1. The summed E-state index contributed by atoms with van der Waals surface area (Å²) in [6.45, 7) is 6.88. The number of nitrogens with one attached hydrogen (secondary N) is 1. The van der Waals surface area contributed by atoms with Crippen molar-refractivity contribution in [3.8, 4) is 0 Å². The van der Waals surface area contributed by atoms with Gasteiger partial charge in [0.05, 0.1) is 12.6 Å². The van der Waals surface area contributed by atoms with Crippen LogP contribution in [0.25, 0.3) is 0 Å². The number of morpholine rings is 1. The van der Waals surface area contributed by atoms with Crippen LogP contribution in [0.1, 0.15) is 45.6 Å². The van der Waals surface area contributed by atoms with Gasteiger partial charge in [-0.3, -0.25) is 0 Å². The number of unbranched alkanes of at least 4 members (excludes halogenated alkanes) is 1. The highest BCUT2D eigenvalue weighted by Crippen LogP contribution is 2.34. The van der Waals surface area contributed by atoms with E-state index in [0.29, 0.717) is 6.61 Å². The van der Waals surface area contributed by atoms with Crippen LogP contribution in [0.2, 0.25) is 0 Å². The summed E-state index contributed by atoms with van der Waals surface area (Å²) in [4.78, 5) is 0. The summed E-state index contributed by atoms with van der Waals surface area (Å²) >= 11 is 0. The van der Waals surface area contributed by atoms with Crippen LogP contribution in [-0.2, 0) is 10.5 Å². The molecular formula is C16H25NO2. The van der Waals surface area contributed by atoms with Gasteiger partial charge in [0, 0.05) is 11.1 Å². The van der Waals surface area contributed by atoms with Crippen LogP contribution >= 0.6 is 0 Å². The Hall–Kier alpha value is -0.900. The Morgan fingerprint density at radius 3 is 2.63 bits per heavy atom. The molecule has 1 aliphatic heterocycles. The van der Waals surface area contributed by atoms with Crippen molar-refractivity contribution < 1.29 is 9.84 Å². The molecule has 1 aromatic carbocycles. The highest BCUT2D eigenvalue weighted by molar-refractivity contribution is 5.23. The lowest BCUT2D eigenvalue weighted by Gasteiger charge is -2.47. The molecule has 3 heteroatoms. The van der Waals surface area contributed by atoms with Crippen LogP contribution in [0.15, 0.2) is 30.3 Å². The third kappa shape index (κ3) is 3.16. The second kappa shape index (κ2) is 5.61. The molecule has 0 unspecified atom stereocenters. The summed E-state index contributed by atoms with van der Waals surface area (Å²) < 4.78 is 5.87. The van der Waals surface area contributed by atoms with Crippen molar-refractivity contribution in [1.29, 1.82) is 0 Å². The summed E-state index contributed by atoms with van der Waals surface area (Å²) in [5.41, 5.74) is 0.735. The van der Waals surface area contributed by atoms with E-state index in [0.717, 1.165) is 24.8 Å². The number of rotatable bonds is 4. The van der Waals surface area contributed by atoms with Gasteiger partial charge in [0.2, 0.25) is 5.79 Å². The minimum Gasteiger partial charge on any atom is -0.361 e. The van der Waals surface area contributed by atoms with E-state index >= 15 is 0 Å². The van der Waals surface area contributed by atoms with Gasteiger partial charge in [-0.05, 0) is 20.3 Å². The predicted octanol–water partition coefficient (Wildman–Crippen LogP) is 2.79. The van der Waals surface area contributed by atoms with Gasteiger partial charge < -0.3 is 15.2 Å². The van der Waals surface area contributed by atoms with Crippen LogP contribution in [0.3, 0.4) is 0 Å². The lowest BCUT2D eigenvalue weighted by Crippen LogP contribution is -2.64. The molecule has 0 bridgehead atoms. The Kier molecular flexibility index (Phi) is 4.29. The maximum atomic E-state index is 11.0. The molecular weight excluding hydrogens is 238 g/mol. The van der Waals surface area contributed by atoms with Crippen LogP contribution in [0, 0.1) is 0 Å². The average Bonchev–Trinajstić information content (AvgIpc) is 2.41. The molecule has 3 nitrogen and oxygen atoms in total. The van der Waals surface area contributed by atoms with E-state index in [1.165, 1.54) is 0 Å². The molecule has 19 heavy (non-hydrogen) atoms. The number of benzene rings is 1. The first-order valence-corrected chi connectivity index (χ1v) is 7.17. The first-order chi connectivity index (χ1) is 8.98. The predicted molar refractivity (Wildman–Crippen MR) is 76.8 cm³/mol. The van der Waals surface area contributed by atoms with E-state index in [9.17, 15) is 5.11 Å². The van der Waals surface area contributed by atoms with Gasteiger partial charge in [-0.25, -0.2) is 0 Å². The molecule has 0 aromatic heterocycles. The number of hydrogen-bond donors (Lipinski definition) is 2. The van der Waals surface area contributed by atoms with Crippen molar-refractivity contribution in [3.63, 3.8) is 0 Å². The zero-order valence-corrected chi connectivity index (χ0v) is 12.1. The molecule has 2 atom stereocenters. The van der Waals surface area contributed by atoms with Crippen molar-refractivity contribution in [1.82, 2.24) is 5.32 Å². The van der Waals surface area contributed by atoms with Crippen molar-refractivity contribution in [2.24, 2.45) is 0 Å². The number of aliphatic hydroxyl groups is 1. The Morgan fingerprint density at radius 2 is 2.00 bits per heavy atom. The first-order valence-electron chi connectivity index (χ1n) is 7.17. The van der Waals surface area contributed by atoms with Crippen LogP contribution in [0.4, 0.5) is 0 Å². The molecule has 1 fully saturated rings. The first kappa shape index (κ1) is 14.5. The SMILES string of the molecule is CCCC[C@@H]1NC(C)(C)CO[C@@]1(O)c1ccccc1. The molecule has 106 valence electrons. The second-order valence-corrected chi connectivity index (χ2v) is 6.07. The van der Waals surface area contributed by atoms with E-state index in [2.05, 4.69) is 26.1 Å². The maximum Gasteiger partial charge on any atom is 0.208 e. The minimum absolute atomic E-state index is 0.0707. The molecule has 2 rings (SSSR count). The monoisotopic (exact) mass is 263 g/mol. The molecule has 0 aliphatic carbocycles. The molecule has 1 aliphatic rings. The van der Waals surface area contributed by atoms with Crippen molar-refractivity contribution in [2.75, 3.05) is 6.61 Å². The molecule has 0 amide bonds. The normalized spacial score (nSPS) is 30.2. The zero-order chi connectivity index (χ0) is 13.9. The van der Waals surface area contributed by atoms with Gasteiger partial charge in [-0.15, -0.1) is 0 Å². The summed E-state index contributed by atoms with van der Waals surface area (Å²) in [5, 5.41) is 14.5. The van der Waals surface area contributed by atoms with Gasteiger partial charge in [-0.2, -0.15) is 0 Å². The minimum atomic E-state index is -1.22. The fourth-order valence-electron chi connectivity index (χ4n) is 2.64. The van der Waals surface area contributed by atoms with Crippen LogP contribution < -0.4 is 5.32 Å². The van der Waals surface area contributed by atoms with E-state index < -0.39 is 5.79 Å². The van der Waals surface area contributed by atoms with Crippen molar-refractivity contribution in [3.05, 3.63) is 35.9 Å². The lowest BCUT2D eigenvalue weighted by molar-refractivity contribution is -0.267. The van der Waals surface area contributed by atoms with E-state index in [4.69, 9.17) is 4.74 Å². The van der Waals surface area contributed by atoms with E-state index in [1.54, 1.807) is 0 Å². The summed E-state index contributed by atoms with van der Waals surface area (Å²) in [7, 11) is 0. The van der Waals surface area contributed by atoms with Gasteiger partial charge in [0.15, 0.2) is 0 Å². The third-order valence-corrected chi connectivity index (χ3v) is 3.72. The van der Waals surface area contributed by atoms with Crippen LogP contribution in [-0.4, -0.2) is 23.3 Å². The molecule has 2 N–H and O–H groups in total. The Bertz CT molecular complexity index is 404.